The number of aliphatic hydroxyl groups excluding tert-OH is 1. The Balaban J connectivity index is 4.29. The van der Waals surface area contributed by atoms with E-state index in [1.54, 1.807) is 0 Å². The van der Waals surface area contributed by atoms with E-state index in [9.17, 15) is 19.4 Å². The van der Waals surface area contributed by atoms with Crippen LogP contribution in [0.2, 0.25) is 0 Å². The van der Waals surface area contributed by atoms with Crippen LogP contribution in [0, 0.1) is 0 Å². The Kier molecular flexibility index (Phi) is 38.2. The SMILES string of the molecule is CCCCCCCC/C=C\CCCCCCCCCCCC(=O)NC(COP(=O)([O-])OCC[N+](C)(C)C)C(O)CCCCCCCCCCCCCCCC. The van der Waals surface area contributed by atoms with E-state index in [4.69, 9.17) is 9.05 Å². The average molecular weight is 801 g/mol. The monoisotopic (exact) mass is 801 g/mol. The molecule has 0 heterocycles. The van der Waals surface area contributed by atoms with Crippen molar-refractivity contribution in [2.45, 2.75) is 238 Å². The first-order valence-corrected chi connectivity index (χ1v) is 25.0. The van der Waals surface area contributed by atoms with Gasteiger partial charge in [-0.3, -0.25) is 9.36 Å². The van der Waals surface area contributed by atoms with Gasteiger partial charge in [0.1, 0.15) is 13.2 Å². The molecule has 0 saturated carbocycles. The van der Waals surface area contributed by atoms with Crippen LogP contribution in [0.3, 0.4) is 0 Å². The first-order chi connectivity index (χ1) is 26.5. The lowest BCUT2D eigenvalue weighted by atomic mass is 10.0. The molecule has 9 heteroatoms. The number of carbonyl (C=O) groups is 1. The third-order valence-electron chi connectivity index (χ3n) is 10.8. The third-order valence-corrected chi connectivity index (χ3v) is 11.7. The maximum atomic E-state index is 12.9. The molecule has 0 fully saturated rings. The molecule has 3 unspecified atom stereocenters. The summed E-state index contributed by atoms with van der Waals surface area (Å²) < 4.78 is 23.3. The minimum atomic E-state index is -4.56. The zero-order chi connectivity index (χ0) is 40.7. The number of allylic oxidation sites excluding steroid dienone is 2. The van der Waals surface area contributed by atoms with E-state index in [0.717, 1.165) is 38.5 Å². The largest absolute Gasteiger partial charge is 0.756 e. The molecule has 0 aromatic heterocycles. The van der Waals surface area contributed by atoms with Gasteiger partial charge in [0.15, 0.2) is 0 Å². The van der Waals surface area contributed by atoms with Gasteiger partial charge in [0, 0.05) is 6.42 Å². The van der Waals surface area contributed by atoms with Gasteiger partial charge in [-0.25, -0.2) is 0 Å². The molecule has 0 aliphatic carbocycles. The summed E-state index contributed by atoms with van der Waals surface area (Å²) in [6, 6.07) is -0.797. The van der Waals surface area contributed by atoms with Crippen molar-refractivity contribution < 1.29 is 32.9 Å². The van der Waals surface area contributed by atoms with Crippen molar-refractivity contribution in [2.75, 3.05) is 40.9 Å². The van der Waals surface area contributed by atoms with Crippen LogP contribution in [0.5, 0.6) is 0 Å². The molecule has 1 amide bonds. The van der Waals surface area contributed by atoms with Gasteiger partial charge in [-0.15, -0.1) is 0 Å². The molecule has 3 atom stereocenters. The predicted molar refractivity (Wildman–Crippen MR) is 233 cm³/mol. The second kappa shape index (κ2) is 38.7. The van der Waals surface area contributed by atoms with E-state index in [0.29, 0.717) is 23.9 Å². The first kappa shape index (κ1) is 54.2. The molecule has 0 rings (SSSR count). The number of rotatable bonds is 43. The number of phosphoric ester groups is 1. The van der Waals surface area contributed by atoms with Crippen LogP contribution in [-0.4, -0.2) is 68.5 Å². The number of hydrogen-bond donors (Lipinski definition) is 2. The van der Waals surface area contributed by atoms with Crippen molar-refractivity contribution in [3.05, 3.63) is 12.2 Å². The van der Waals surface area contributed by atoms with Gasteiger partial charge in [0.05, 0.1) is 39.9 Å². The maximum Gasteiger partial charge on any atom is 0.268 e. The van der Waals surface area contributed by atoms with Crippen LogP contribution in [-0.2, 0) is 18.4 Å². The molecule has 55 heavy (non-hydrogen) atoms. The fourth-order valence-corrected chi connectivity index (χ4v) is 7.70. The molecule has 0 aliphatic heterocycles. The second-order valence-corrected chi connectivity index (χ2v) is 18.9. The molecule has 0 aromatic rings. The molecule has 0 aromatic carbocycles. The zero-order valence-electron chi connectivity index (χ0n) is 37.1. The Labute approximate surface area is 342 Å². The normalized spacial score (nSPS) is 14.4. The minimum absolute atomic E-state index is 0.0138. The first-order valence-electron chi connectivity index (χ1n) is 23.5. The highest BCUT2D eigenvalue weighted by Crippen LogP contribution is 2.38. The lowest BCUT2D eigenvalue weighted by Crippen LogP contribution is -2.46. The Morgan fingerprint density at radius 3 is 1.42 bits per heavy atom. The summed E-state index contributed by atoms with van der Waals surface area (Å²) in [6.07, 6.45) is 43.5. The fraction of sp³-hybridized carbons (Fsp3) is 0.935. The summed E-state index contributed by atoms with van der Waals surface area (Å²) in [4.78, 5) is 25.4. The molecule has 8 nitrogen and oxygen atoms in total. The van der Waals surface area contributed by atoms with Crippen LogP contribution in [0.15, 0.2) is 12.2 Å². The molecule has 328 valence electrons. The number of phosphoric acid groups is 1. The molecule has 0 aliphatic rings. The van der Waals surface area contributed by atoms with Crippen molar-refractivity contribution in [1.82, 2.24) is 5.32 Å². The smallest absolute Gasteiger partial charge is 0.268 e. The number of amides is 1. The van der Waals surface area contributed by atoms with E-state index in [1.807, 2.05) is 21.1 Å². The average Bonchev–Trinajstić information content (AvgIpc) is 3.13. The molecule has 0 spiro atoms. The number of hydrogen-bond acceptors (Lipinski definition) is 6. The lowest BCUT2D eigenvalue weighted by Gasteiger charge is -2.30. The minimum Gasteiger partial charge on any atom is -0.756 e. The summed E-state index contributed by atoms with van der Waals surface area (Å²) in [5.41, 5.74) is 0. The summed E-state index contributed by atoms with van der Waals surface area (Å²) in [6.45, 7) is 4.73. The second-order valence-electron chi connectivity index (χ2n) is 17.5. The van der Waals surface area contributed by atoms with Crippen molar-refractivity contribution >= 4 is 13.7 Å². The summed E-state index contributed by atoms with van der Waals surface area (Å²) in [5, 5.41) is 13.9. The van der Waals surface area contributed by atoms with Gasteiger partial charge in [-0.05, 0) is 38.5 Å². The van der Waals surface area contributed by atoms with Crippen LogP contribution < -0.4 is 10.2 Å². The number of likely N-dealkylation sites (N-methyl/N-ethyl adjacent to an activating group) is 1. The van der Waals surface area contributed by atoms with Crippen LogP contribution in [0.1, 0.15) is 226 Å². The summed E-state index contributed by atoms with van der Waals surface area (Å²) in [7, 11) is 1.31. The molecular formula is C46H93N2O6P. The van der Waals surface area contributed by atoms with Gasteiger partial charge in [0.2, 0.25) is 5.91 Å². The molecule has 2 N–H and O–H groups in total. The Hall–Kier alpha value is -0.760. The number of unbranched alkanes of at least 4 members (excludes halogenated alkanes) is 28. The molecule has 0 saturated heterocycles. The van der Waals surface area contributed by atoms with Crippen molar-refractivity contribution in [1.29, 1.82) is 0 Å². The van der Waals surface area contributed by atoms with E-state index in [-0.39, 0.29) is 19.1 Å². The predicted octanol–water partition coefficient (Wildman–Crippen LogP) is 12.5. The zero-order valence-corrected chi connectivity index (χ0v) is 38.0. The Bertz CT molecular complexity index is 911. The summed E-state index contributed by atoms with van der Waals surface area (Å²) >= 11 is 0. The quantitative estimate of drug-likeness (QED) is 0.0275. The third kappa shape index (κ3) is 41.2. The van der Waals surface area contributed by atoms with E-state index >= 15 is 0 Å². The molecule has 0 radical (unpaired) electrons. The van der Waals surface area contributed by atoms with Crippen molar-refractivity contribution in [2.24, 2.45) is 0 Å². The number of nitrogens with zero attached hydrogens (tertiary/aromatic N) is 1. The van der Waals surface area contributed by atoms with Crippen molar-refractivity contribution in [3.8, 4) is 0 Å². The van der Waals surface area contributed by atoms with E-state index in [1.165, 1.54) is 161 Å². The van der Waals surface area contributed by atoms with Gasteiger partial charge in [-0.1, -0.05) is 193 Å². The number of carbonyl (C=O) groups excluding carboxylic acids is 1. The molecular weight excluding hydrogens is 707 g/mol. The maximum absolute atomic E-state index is 12.9. The number of aliphatic hydroxyl groups is 1. The Morgan fingerprint density at radius 2 is 1.00 bits per heavy atom. The molecule has 0 bridgehead atoms. The van der Waals surface area contributed by atoms with Crippen LogP contribution >= 0.6 is 7.82 Å². The van der Waals surface area contributed by atoms with Gasteiger partial charge < -0.3 is 28.8 Å². The standard InChI is InChI=1S/C46H93N2O6P/c1-6-8-10-12-14-16-18-20-22-23-24-25-26-28-30-32-34-36-38-40-46(50)47-44(43-54-55(51,52)53-42-41-48(3,4)5)45(49)39-37-35-33-31-29-27-21-19-17-15-13-11-9-7-2/h20,22,44-45,49H,6-19,21,23-43H2,1-5H3,(H-,47,50,51,52)/b22-20-. The highest BCUT2D eigenvalue weighted by molar-refractivity contribution is 7.45. The highest BCUT2D eigenvalue weighted by Gasteiger charge is 2.24. The van der Waals surface area contributed by atoms with E-state index in [2.05, 4.69) is 31.3 Å². The number of nitrogens with one attached hydrogen (secondary N) is 1. The lowest BCUT2D eigenvalue weighted by molar-refractivity contribution is -0.870. The number of quaternary nitrogens is 1. The fourth-order valence-electron chi connectivity index (χ4n) is 6.98. The van der Waals surface area contributed by atoms with Gasteiger partial charge in [0.25, 0.3) is 7.82 Å². The Morgan fingerprint density at radius 1 is 0.618 bits per heavy atom. The van der Waals surface area contributed by atoms with Gasteiger partial charge in [-0.2, -0.15) is 0 Å². The topological polar surface area (TPSA) is 108 Å². The summed E-state index contributed by atoms with van der Waals surface area (Å²) in [5.74, 6) is -0.165. The van der Waals surface area contributed by atoms with Crippen LogP contribution in [0.4, 0.5) is 0 Å². The van der Waals surface area contributed by atoms with Crippen LogP contribution in [0.25, 0.3) is 0 Å². The highest BCUT2D eigenvalue weighted by atomic mass is 31.2. The van der Waals surface area contributed by atoms with E-state index < -0.39 is 20.0 Å². The van der Waals surface area contributed by atoms with Gasteiger partial charge >= 0.3 is 0 Å². The van der Waals surface area contributed by atoms with Crippen molar-refractivity contribution in [3.63, 3.8) is 0 Å².